The summed E-state index contributed by atoms with van der Waals surface area (Å²) in [4.78, 5) is 44.4. The van der Waals surface area contributed by atoms with E-state index in [9.17, 15) is 18.8 Å². The van der Waals surface area contributed by atoms with Gasteiger partial charge in [-0.05, 0) is 49.1 Å². The van der Waals surface area contributed by atoms with Crippen LogP contribution in [0.5, 0.6) is 0 Å². The highest BCUT2D eigenvalue weighted by Crippen LogP contribution is 2.25. The fraction of sp³-hybridized carbons (Fsp3) is 0.462. The van der Waals surface area contributed by atoms with Gasteiger partial charge in [0.1, 0.15) is 17.7 Å². The van der Waals surface area contributed by atoms with Crippen LogP contribution in [0.3, 0.4) is 0 Å². The van der Waals surface area contributed by atoms with Crippen molar-refractivity contribution in [3.05, 3.63) is 60.0 Å². The number of nitrogens with one attached hydrogen (secondary N) is 2. The first kappa shape index (κ1) is 26.3. The lowest BCUT2D eigenvalue weighted by Crippen LogP contribution is -2.47. The monoisotopic (exact) mass is 484 g/mol. The quantitative estimate of drug-likeness (QED) is 0.479. The van der Waals surface area contributed by atoms with Gasteiger partial charge in [-0.1, -0.05) is 31.0 Å². The average Bonchev–Trinajstić information content (AvgIpc) is 3.36. The second kappa shape index (κ2) is 13.5. The van der Waals surface area contributed by atoms with Crippen molar-refractivity contribution in [2.45, 2.75) is 57.0 Å². The average molecular weight is 485 g/mol. The summed E-state index contributed by atoms with van der Waals surface area (Å²) >= 11 is 0. The number of hydrogen-bond acceptors (Lipinski definition) is 5. The van der Waals surface area contributed by atoms with E-state index in [0.29, 0.717) is 17.8 Å². The van der Waals surface area contributed by atoms with Crippen LogP contribution in [0.2, 0.25) is 0 Å². The van der Waals surface area contributed by atoms with Crippen LogP contribution >= 0.6 is 0 Å². The Balaban J connectivity index is 1.69. The molecule has 9 heteroatoms. The van der Waals surface area contributed by atoms with E-state index >= 15 is 0 Å². The Morgan fingerprint density at radius 1 is 1.11 bits per heavy atom. The number of pyridine rings is 1. The number of aromatic nitrogens is 1. The first-order valence-corrected chi connectivity index (χ1v) is 12.0. The first-order valence-electron chi connectivity index (χ1n) is 12.0. The molecule has 3 rings (SSSR count). The van der Waals surface area contributed by atoms with Crippen molar-refractivity contribution < 1.29 is 23.5 Å². The third-order valence-corrected chi connectivity index (χ3v) is 6.03. The van der Waals surface area contributed by atoms with E-state index in [4.69, 9.17) is 4.74 Å². The van der Waals surface area contributed by atoms with Crippen LogP contribution in [0.25, 0.3) is 0 Å². The van der Waals surface area contributed by atoms with Crippen molar-refractivity contribution in [1.82, 2.24) is 15.2 Å². The third kappa shape index (κ3) is 8.13. The highest BCUT2D eigenvalue weighted by atomic mass is 19.1. The molecule has 8 nitrogen and oxygen atoms in total. The minimum Gasteiger partial charge on any atom is -0.383 e. The van der Waals surface area contributed by atoms with E-state index in [1.165, 1.54) is 36.3 Å². The third-order valence-electron chi connectivity index (χ3n) is 6.03. The summed E-state index contributed by atoms with van der Waals surface area (Å²) in [6, 6.07) is 9.99. The SMILES string of the molecule is COCCN(C(=O)CCCC(=O)Nc1ccccn1)C(C(=O)NC1CCCC1)c1ccc(F)cc1. The number of ether oxygens (including phenoxy) is 1. The Morgan fingerprint density at radius 2 is 1.86 bits per heavy atom. The predicted octanol–water partition coefficient (Wildman–Crippen LogP) is 3.60. The van der Waals surface area contributed by atoms with Gasteiger partial charge in [-0.2, -0.15) is 0 Å². The molecule has 1 aliphatic rings. The van der Waals surface area contributed by atoms with Gasteiger partial charge in [0.15, 0.2) is 0 Å². The van der Waals surface area contributed by atoms with Gasteiger partial charge < -0.3 is 20.3 Å². The molecule has 2 aromatic rings. The summed E-state index contributed by atoms with van der Waals surface area (Å²) in [5.74, 6) is -0.777. The molecule has 35 heavy (non-hydrogen) atoms. The number of carbonyl (C=O) groups excluding carboxylic acids is 3. The van der Waals surface area contributed by atoms with Gasteiger partial charge in [-0.25, -0.2) is 9.37 Å². The fourth-order valence-corrected chi connectivity index (χ4v) is 4.24. The van der Waals surface area contributed by atoms with Crippen molar-refractivity contribution in [2.24, 2.45) is 0 Å². The Hall–Kier alpha value is -3.33. The number of methoxy groups -OCH3 is 1. The molecular formula is C26H33FN4O4. The molecule has 0 bridgehead atoms. The maximum absolute atomic E-state index is 13.6. The standard InChI is InChI=1S/C26H33FN4O4/c1-35-18-17-31(24(33)11-6-10-23(32)30-22-9-4-5-16-28-22)25(19-12-14-20(27)15-13-19)26(34)29-21-7-2-3-8-21/h4-5,9,12-16,21,25H,2-3,6-8,10-11,17-18H2,1H3,(H,29,34)(H,28,30,32). The van der Waals surface area contributed by atoms with E-state index < -0.39 is 11.9 Å². The summed E-state index contributed by atoms with van der Waals surface area (Å²) in [6.45, 7) is 0.426. The molecule has 1 heterocycles. The number of anilines is 1. The van der Waals surface area contributed by atoms with Crippen LogP contribution in [0.15, 0.2) is 48.7 Å². The van der Waals surface area contributed by atoms with Crippen LogP contribution in [-0.2, 0) is 19.1 Å². The van der Waals surface area contributed by atoms with Gasteiger partial charge in [-0.3, -0.25) is 14.4 Å². The second-order valence-corrected chi connectivity index (χ2v) is 8.64. The zero-order chi connectivity index (χ0) is 25.0. The normalized spacial score (nSPS) is 14.3. The number of hydrogen-bond donors (Lipinski definition) is 2. The van der Waals surface area contributed by atoms with E-state index in [0.717, 1.165) is 25.7 Å². The maximum Gasteiger partial charge on any atom is 0.247 e. The van der Waals surface area contributed by atoms with Crippen LogP contribution in [0.1, 0.15) is 56.6 Å². The van der Waals surface area contributed by atoms with Gasteiger partial charge in [0.2, 0.25) is 17.7 Å². The molecule has 1 aromatic carbocycles. The van der Waals surface area contributed by atoms with Gasteiger partial charge in [0.05, 0.1) is 6.61 Å². The predicted molar refractivity (Wildman–Crippen MR) is 130 cm³/mol. The number of benzene rings is 1. The van der Waals surface area contributed by atoms with Crippen molar-refractivity contribution in [2.75, 3.05) is 25.6 Å². The zero-order valence-corrected chi connectivity index (χ0v) is 20.0. The van der Waals surface area contributed by atoms with Crippen LogP contribution in [0, 0.1) is 5.82 Å². The number of halogens is 1. The molecule has 0 aliphatic heterocycles. The van der Waals surface area contributed by atoms with E-state index in [1.807, 2.05) is 0 Å². The smallest absolute Gasteiger partial charge is 0.247 e. The molecule has 0 radical (unpaired) electrons. The number of nitrogens with zero attached hydrogens (tertiary/aromatic N) is 2. The molecule has 2 N–H and O–H groups in total. The molecule has 1 aromatic heterocycles. The first-order chi connectivity index (χ1) is 17.0. The molecular weight excluding hydrogens is 451 g/mol. The van der Waals surface area contributed by atoms with Crippen LogP contribution in [-0.4, -0.2) is 53.9 Å². The Bertz CT molecular complexity index is 965. The van der Waals surface area contributed by atoms with Crippen molar-refractivity contribution >= 4 is 23.5 Å². The number of carbonyl (C=O) groups is 3. The minimum atomic E-state index is -0.916. The summed E-state index contributed by atoms with van der Waals surface area (Å²) in [6.07, 6.45) is 6.01. The molecule has 1 atom stereocenters. The molecule has 1 fully saturated rings. The molecule has 1 saturated carbocycles. The van der Waals surface area contributed by atoms with Gasteiger partial charge in [-0.15, -0.1) is 0 Å². The highest BCUT2D eigenvalue weighted by molar-refractivity contribution is 5.91. The number of rotatable bonds is 12. The van der Waals surface area contributed by atoms with Crippen LogP contribution < -0.4 is 10.6 Å². The fourth-order valence-electron chi connectivity index (χ4n) is 4.24. The van der Waals surface area contributed by atoms with Crippen LogP contribution in [0.4, 0.5) is 10.2 Å². The molecule has 1 aliphatic carbocycles. The molecule has 0 spiro atoms. The van der Waals surface area contributed by atoms with Crippen molar-refractivity contribution in [1.29, 1.82) is 0 Å². The summed E-state index contributed by atoms with van der Waals surface area (Å²) < 4.78 is 18.8. The van der Waals surface area contributed by atoms with Crippen molar-refractivity contribution in [3.63, 3.8) is 0 Å². The Labute approximate surface area is 205 Å². The van der Waals surface area contributed by atoms with E-state index in [2.05, 4.69) is 15.6 Å². The number of amides is 3. The summed E-state index contributed by atoms with van der Waals surface area (Å²) in [5.41, 5.74) is 0.527. The van der Waals surface area contributed by atoms with Gasteiger partial charge in [0, 0.05) is 38.7 Å². The zero-order valence-electron chi connectivity index (χ0n) is 20.0. The Kier molecular flexibility index (Phi) is 10.2. The van der Waals surface area contributed by atoms with Gasteiger partial charge >= 0.3 is 0 Å². The molecule has 188 valence electrons. The molecule has 1 unspecified atom stereocenters. The maximum atomic E-state index is 13.6. The molecule has 3 amide bonds. The summed E-state index contributed by atoms with van der Waals surface area (Å²) in [7, 11) is 1.52. The lowest BCUT2D eigenvalue weighted by molar-refractivity contribution is -0.142. The van der Waals surface area contributed by atoms with E-state index in [-0.39, 0.29) is 49.8 Å². The largest absolute Gasteiger partial charge is 0.383 e. The lowest BCUT2D eigenvalue weighted by Gasteiger charge is -2.32. The second-order valence-electron chi connectivity index (χ2n) is 8.64. The molecule has 0 saturated heterocycles. The minimum absolute atomic E-state index is 0.0696. The van der Waals surface area contributed by atoms with E-state index in [1.54, 1.807) is 24.4 Å². The summed E-state index contributed by atoms with van der Waals surface area (Å²) in [5, 5.41) is 5.76. The topological polar surface area (TPSA) is 101 Å². The highest BCUT2D eigenvalue weighted by Gasteiger charge is 2.32. The Morgan fingerprint density at radius 3 is 2.51 bits per heavy atom. The van der Waals surface area contributed by atoms with Gasteiger partial charge in [0.25, 0.3) is 0 Å². The van der Waals surface area contributed by atoms with Crippen molar-refractivity contribution in [3.8, 4) is 0 Å². The lowest BCUT2D eigenvalue weighted by atomic mass is 10.0.